The minimum Gasteiger partial charge on any atom is -0.475 e. The number of alkyl halides is 3. The molecule has 1 aliphatic carbocycles. The fourth-order valence-electron chi connectivity index (χ4n) is 7.92. The summed E-state index contributed by atoms with van der Waals surface area (Å²) < 4.78 is 43.3. The number of ether oxygens (including phenoxy) is 2. The minimum absolute atomic E-state index is 0.0179. The normalized spacial score (nSPS) is 22.6. The average Bonchev–Trinajstić information content (AvgIpc) is 3.06. The van der Waals surface area contributed by atoms with Gasteiger partial charge in [0.2, 0.25) is 0 Å². The Morgan fingerprint density at radius 2 is 1.58 bits per heavy atom. The van der Waals surface area contributed by atoms with Gasteiger partial charge in [-0.3, -0.25) is 9.69 Å². The van der Waals surface area contributed by atoms with Crippen LogP contribution in [-0.4, -0.2) is 112 Å². The fraction of sp³-hybridized carbons (Fsp3) is 0.794. The van der Waals surface area contributed by atoms with E-state index in [1.54, 1.807) is 7.11 Å². The molecule has 1 unspecified atom stereocenters. The molecule has 1 aromatic heterocycles. The first-order valence-electron chi connectivity index (χ1n) is 17.5. The molecule has 4 heterocycles. The van der Waals surface area contributed by atoms with Crippen LogP contribution in [0, 0.1) is 25.7 Å². The van der Waals surface area contributed by atoms with Gasteiger partial charge < -0.3 is 24.4 Å². The number of methoxy groups -OCH3 is 1. The van der Waals surface area contributed by atoms with E-state index < -0.39 is 12.1 Å². The summed E-state index contributed by atoms with van der Waals surface area (Å²) in [7, 11) is 1.54. The van der Waals surface area contributed by atoms with Gasteiger partial charge in [-0.25, -0.2) is 9.59 Å². The summed E-state index contributed by atoms with van der Waals surface area (Å²) in [5.41, 5.74) is 1.62. The summed E-state index contributed by atoms with van der Waals surface area (Å²) in [6.07, 6.45) is 8.55. The number of piperidine rings is 2. The Morgan fingerprint density at radius 1 is 1.00 bits per heavy atom. The molecule has 0 bridgehead atoms. The van der Waals surface area contributed by atoms with Crippen LogP contribution in [0.2, 0.25) is 0 Å². The highest BCUT2D eigenvalue weighted by Gasteiger charge is 2.50. The van der Waals surface area contributed by atoms with E-state index in [2.05, 4.69) is 26.7 Å². The molecule has 3 saturated heterocycles. The van der Waals surface area contributed by atoms with Gasteiger partial charge in [0.15, 0.2) is 0 Å². The molecule has 1 saturated carbocycles. The largest absolute Gasteiger partial charge is 0.490 e. The molecule has 0 aromatic carbocycles. The molecule has 1 atom stereocenters. The number of carboxylic acids is 1. The molecule has 14 heteroatoms. The standard InChI is InChI=1S/C32H51N5O4.C2HF3O2/c1-5-6-12-26-22-37(21-25-10-8-7-9-11-25)31(39)41-32(26)15-19-35(20-16-32)27-13-17-36(18-14-27)29(38)28-23(2)33-30(40-4)34-24(28)3;3-2(4,5)1(6)7/h25-27H,5-22H2,1-4H3;(H,6,7). The highest BCUT2D eigenvalue weighted by atomic mass is 19.4. The van der Waals surface area contributed by atoms with Gasteiger partial charge in [-0.1, -0.05) is 39.0 Å². The third-order valence-electron chi connectivity index (χ3n) is 10.6. The zero-order chi connectivity index (χ0) is 35.1. The monoisotopic (exact) mass is 683 g/mol. The molecule has 4 aliphatic rings. The number of hydrogen-bond acceptors (Lipinski definition) is 8. The molecule has 4 fully saturated rings. The number of hydrogen-bond donors (Lipinski definition) is 1. The Labute approximate surface area is 281 Å². The van der Waals surface area contributed by atoms with Gasteiger partial charge in [0.1, 0.15) is 5.60 Å². The van der Waals surface area contributed by atoms with Crippen LogP contribution in [0.3, 0.4) is 0 Å². The molecule has 1 N–H and O–H groups in total. The van der Waals surface area contributed by atoms with Gasteiger partial charge >= 0.3 is 24.2 Å². The number of aliphatic carboxylic acids is 1. The fourth-order valence-corrected chi connectivity index (χ4v) is 7.92. The van der Waals surface area contributed by atoms with Crippen LogP contribution in [0.1, 0.15) is 106 Å². The zero-order valence-corrected chi connectivity index (χ0v) is 28.8. The van der Waals surface area contributed by atoms with E-state index >= 15 is 0 Å². The number of carbonyl (C=O) groups is 3. The highest BCUT2D eigenvalue weighted by molar-refractivity contribution is 5.96. The first-order chi connectivity index (χ1) is 22.8. The van der Waals surface area contributed by atoms with E-state index in [1.165, 1.54) is 44.9 Å². The Hall–Kier alpha value is -3.16. The van der Waals surface area contributed by atoms with Crippen LogP contribution in [0.25, 0.3) is 0 Å². The lowest BCUT2D eigenvalue weighted by Crippen LogP contribution is -2.61. The van der Waals surface area contributed by atoms with Gasteiger partial charge in [0.25, 0.3) is 5.91 Å². The lowest BCUT2D eigenvalue weighted by molar-refractivity contribution is -0.192. The predicted octanol–water partition coefficient (Wildman–Crippen LogP) is 6.01. The number of carboxylic acid groups (broad SMARTS) is 1. The SMILES string of the molecule is CCCCC1CN(CC2CCCCC2)C(=O)OC12CCN(C1CCN(C(=O)c3c(C)nc(OC)nc3C)CC1)CC2.O=C(O)C(F)(F)F. The van der Waals surface area contributed by atoms with Crippen LogP contribution in [0.15, 0.2) is 0 Å². The summed E-state index contributed by atoms with van der Waals surface area (Å²) >= 11 is 0. The summed E-state index contributed by atoms with van der Waals surface area (Å²) in [6, 6.07) is 0.762. The average molecular weight is 684 g/mol. The quantitative estimate of drug-likeness (QED) is 0.351. The second kappa shape index (κ2) is 16.5. The van der Waals surface area contributed by atoms with E-state index in [0.29, 0.717) is 40.8 Å². The highest BCUT2D eigenvalue weighted by Crippen LogP contribution is 2.42. The van der Waals surface area contributed by atoms with E-state index in [0.717, 1.165) is 71.4 Å². The van der Waals surface area contributed by atoms with Crippen LogP contribution in [-0.2, 0) is 9.53 Å². The van der Waals surface area contributed by atoms with Crippen molar-refractivity contribution in [3.63, 3.8) is 0 Å². The van der Waals surface area contributed by atoms with Gasteiger partial charge in [-0.2, -0.15) is 23.1 Å². The maximum Gasteiger partial charge on any atom is 0.490 e. The third-order valence-corrected chi connectivity index (χ3v) is 10.6. The Morgan fingerprint density at radius 3 is 2.10 bits per heavy atom. The molecule has 2 amide bonds. The minimum atomic E-state index is -5.08. The Balaban J connectivity index is 0.000000671. The zero-order valence-electron chi connectivity index (χ0n) is 28.8. The van der Waals surface area contributed by atoms with Gasteiger partial charge in [-0.15, -0.1) is 0 Å². The van der Waals surface area contributed by atoms with Crippen molar-refractivity contribution >= 4 is 18.0 Å². The summed E-state index contributed by atoms with van der Waals surface area (Å²) in [6.45, 7) is 11.1. The number of carbonyl (C=O) groups excluding carboxylic acids is 2. The first kappa shape index (κ1) is 37.7. The Kier molecular flexibility index (Phi) is 12.9. The lowest BCUT2D eigenvalue weighted by Gasteiger charge is -2.52. The molecule has 1 spiro atoms. The van der Waals surface area contributed by atoms with Crippen LogP contribution >= 0.6 is 0 Å². The number of rotatable bonds is 8. The molecular formula is C34H52F3N5O6. The van der Waals surface area contributed by atoms with Crippen molar-refractivity contribution in [2.24, 2.45) is 11.8 Å². The molecule has 48 heavy (non-hydrogen) atoms. The predicted molar refractivity (Wildman–Crippen MR) is 172 cm³/mol. The number of aryl methyl sites for hydroxylation is 2. The second-order valence-electron chi connectivity index (χ2n) is 13.8. The van der Waals surface area contributed by atoms with Gasteiger partial charge in [0, 0.05) is 64.1 Å². The van der Waals surface area contributed by atoms with Crippen molar-refractivity contribution < 1.29 is 42.1 Å². The van der Waals surface area contributed by atoms with Crippen molar-refractivity contribution in [2.75, 3.05) is 46.4 Å². The van der Waals surface area contributed by atoms with Crippen molar-refractivity contribution in [3.05, 3.63) is 17.0 Å². The third kappa shape index (κ3) is 9.29. The van der Waals surface area contributed by atoms with Crippen molar-refractivity contribution in [2.45, 2.75) is 116 Å². The number of aromatic nitrogens is 2. The smallest absolute Gasteiger partial charge is 0.475 e. The van der Waals surface area contributed by atoms with Crippen LogP contribution in [0.4, 0.5) is 18.0 Å². The van der Waals surface area contributed by atoms with Crippen LogP contribution in [0.5, 0.6) is 6.01 Å². The van der Waals surface area contributed by atoms with Crippen molar-refractivity contribution in [1.82, 2.24) is 24.7 Å². The van der Waals surface area contributed by atoms with E-state index in [9.17, 15) is 22.8 Å². The van der Waals surface area contributed by atoms with E-state index in [1.807, 2.05) is 18.7 Å². The van der Waals surface area contributed by atoms with E-state index in [4.69, 9.17) is 19.4 Å². The molecule has 270 valence electrons. The van der Waals surface area contributed by atoms with Gasteiger partial charge in [0.05, 0.1) is 24.1 Å². The number of amides is 2. The summed E-state index contributed by atoms with van der Waals surface area (Å²) in [4.78, 5) is 50.8. The molecule has 11 nitrogen and oxygen atoms in total. The first-order valence-corrected chi connectivity index (χ1v) is 17.5. The van der Waals surface area contributed by atoms with Crippen molar-refractivity contribution in [1.29, 1.82) is 0 Å². The molecule has 0 radical (unpaired) electrons. The number of likely N-dealkylation sites (tertiary alicyclic amines) is 2. The summed E-state index contributed by atoms with van der Waals surface area (Å²) in [5.74, 6) is -1.68. The molecule has 3 aliphatic heterocycles. The van der Waals surface area contributed by atoms with Crippen molar-refractivity contribution in [3.8, 4) is 6.01 Å². The maximum absolute atomic E-state index is 13.4. The second-order valence-corrected chi connectivity index (χ2v) is 13.8. The number of halogens is 3. The molecular weight excluding hydrogens is 631 g/mol. The number of unbranched alkanes of at least 4 members (excludes halogenated alkanes) is 1. The topological polar surface area (TPSA) is 125 Å². The maximum atomic E-state index is 13.4. The number of nitrogens with zero attached hydrogens (tertiary/aromatic N) is 5. The van der Waals surface area contributed by atoms with E-state index in [-0.39, 0.29) is 17.6 Å². The van der Waals surface area contributed by atoms with Crippen LogP contribution < -0.4 is 4.74 Å². The molecule has 5 rings (SSSR count). The lowest BCUT2D eigenvalue weighted by atomic mass is 9.75. The summed E-state index contributed by atoms with van der Waals surface area (Å²) in [5, 5.41) is 7.12. The Bertz CT molecular complexity index is 1240. The molecule has 1 aromatic rings. The van der Waals surface area contributed by atoms with Gasteiger partial charge in [-0.05, 0) is 51.9 Å².